The number of carbonyl (C=O) groups excluding carboxylic acids is 1. The Balaban J connectivity index is 2.47. The maximum absolute atomic E-state index is 13.9. The van der Waals surface area contributed by atoms with Gasteiger partial charge in [-0.1, -0.05) is 6.07 Å². The zero-order valence-electron chi connectivity index (χ0n) is 14.3. The molecule has 0 bridgehead atoms. The van der Waals surface area contributed by atoms with E-state index in [-0.39, 0.29) is 17.2 Å². The van der Waals surface area contributed by atoms with E-state index in [1.807, 2.05) is 0 Å². The Kier molecular flexibility index (Phi) is 5.95. The highest BCUT2D eigenvalue weighted by Gasteiger charge is 2.14. The minimum atomic E-state index is -3.65. The second kappa shape index (κ2) is 7.99. The third-order valence-electron chi connectivity index (χ3n) is 3.14. The Morgan fingerprint density at radius 3 is 2.44 bits per heavy atom. The van der Waals surface area contributed by atoms with E-state index in [0.29, 0.717) is 17.3 Å². The Hall–Kier alpha value is -3.21. The number of nitrogens with two attached hydrogens (primary N) is 1. The first kappa shape index (κ1) is 20.1. The number of hydrogen-bond acceptors (Lipinski definition) is 5. The summed E-state index contributed by atoms with van der Waals surface area (Å²) in [4.78, 5) is 10.7. The van der Waals surface area contributed by atoms with Gasteiger partial charge in [-0.05, 0) is 31.2 Å². The molecular formula is C16H16F2N4O4S. The average molecular weight is 398 g/mol. The van der Waals surface area contributed by atoms with Crippen molar-refractivity contribution in [3.63, 3.8) is 0 Å². The van der Waals surface area contributed by atoms with Crippen molar-refractivity contribution in [3.8, 4) is 11.5 Å². The van der Waals surface area contributed by atoms with Crippen LogP contribution >= 0.6 is 0 Å². The summed E-state index contributed by atoms with van der Waals surface area (Å²) in [6, 6.07) is 6.07. The zero-order valence-corrected chi connectivity index (χ0v) is 15.1. The summed E-state index contributed by atoms with van der Waals surface area (Å²) < 4.78 is 57.7. The molecule has 0 fully saturated rings. The molecule has 2 aromatic carbocycles. The number of amides is 2. The van der Waals surface area contributed by atoms with E-state index in [0.717, 1.165) is 18.4 Å². The first-order chi connectivity index (χ1) is 12.5. The molecule has 0 aliphatic rings. The molecule has 0 aliphatic heterocycles. The van der Waals surface area contributed by atoms with Gasteiger partial charge in [0.05, 0.1) is 17.7 Å². The SMILES string of the molecule is CC(=NNC(N)=O)c1ccc(NS(C)(=O)=O)c(Oc2ccc(F)cc2F)c1. The summed E-state index contributed by atoms with van der Waals surface area (Å²) in [5, 5.41) is 3.75. The van der Waals surface area contributed by atoms with Crippen molar-refractivity contribution in [1.82, 2.24) is 5.43 Å². The molecule has 0 unspecified atom stereocenters. The molecule has 2 amide bonds. The number of nitrogens with zero attached hydrogens (tertiary/aromatic N) is 1. The van der Waals surface area contributed by atoms with Crippen LogP contribution in [-0.2, 0) is 10.0 Å². The molecule has 144 valence electrons. The smallest absolute Gasteiger partial charge is 0.332 e. The third kappa shape index (κ3) is 5.92. The molecule has 0 aliphatic carbocycles. The molecule has 2 rings (SSSR count). The van der Waals surface area contributed by atoms with Gasteiger partial charge < -0.3 is 10.5 Å². The first-order valence-electron chi connectivity index (χ1n) is 7.40. The number of sulfonamides is 1. The van der Waals surface area contributed by atoms with E-state index >= 15 is 0 Å². The standard InChI is InChI=1S/C16H16F2N4O4S/c1-9(20-21-16(19)23)10-3-5-13(22-27(2,24)25)15(7-10)26-14-6-4-11(17)8-12(14)18/h3-8,22H,1-2H3,(H3,19,21,23). The van der Waals surface area contributed by atoms with E-state index in [1.54, 1.807) is 6.92 Å². The van der Waals surface area contributed by atoms with Crippen LogP contribution in [0.25, 0.3) is 0 Å². The van der Waals surface area contributed by atoms with E-state index < -0.39 is 27.7 Å². The quantitative estimate of drug-likeness (QED) is 0.511. The fourth-order valence-corrected chi connectivity index (χ4v) is 2.56. The highest BCUT2D eigenvalue weighted by Crippen LogP contribution is 2.33. The molecule has 0 saturated heterocycles. The Morgan fingerprint density at radius 2 is 1.85 bits per heavy atom. The monoisotopic (exact) mass is 398 g/mol. The fraction of sp³-hybridized carbons (Fsp3) is 0.125. The maximum atomic E-state index is 13.9. The van der Waals surface area contributed by atoms with Crippen molar-refractivity contribution in [2.45, 2.75) is 6.92 Å². The molecule has 0 heterocycles. The van der Waals surface area contributed by atoms with Gasteiger partial charge in [-0.3, -0.25) is 4.72 Å². The number of carbonyl (C=O) groups is 1. The van der Waals surface area contributed by atoms with Crippen LogP contribution < -0.4 is 20.6 Å². The van der Waals surface area contributed by atoms with Gasteiger partial charge in [0.25, 0.3) is 0 Å². The minimum absolute atomic E-state index is 0.0284. The minimum Gasteiger partial charge on any atom is -0.452 e. The number of anilines is 1. The van der Waals surface area contributed by atoms with Crippen LogP contribution in [-0.4, -0.2) is 26.4 Å². The van der Waals surface area contributed by atoms with Crippen molar-refractivity contribution >= 4 is 27.5 Å². The van der Waals surface area contributed by atoms with Crippen LogP contribution in [0.4, 0.5) is 19.3 Å². The number of halogens is 2. The molecule has 0 atom stereocenters. The summed E-state index contributed by atoms with van der Waals surface area (Å²) in [7, 11) is -3.65. The fourth-order valence-electron chi connectivity index (χ4n) is 2.00. The summed E-state index contributed by atoms with van der Waals surface area (Å²) in [6.45, 7) is 1.55. The molecule has 27 heavy (non-hydrogen) atoms. The Bertz CT molecular complexity index is 1010. The van der Waals surface area contributed by atoms with Gasteiger partial charge in [0.2, 0.25) is 10.0 Å². The number of ether oxygens (including phenoxy) is 1. The highest BCUT2D eigenvalue weighted by molar-refractivity contribution is 7.92. The van der Waals surface area contributed by atoms with Crippen LogP contribution in [0, 0.1) is 11.6 Å². The molecule has 0 radical (unpaired) electrons. The maximum Gasteiger partial charge on any atom is 0.332 e. The molecule has 8 nitrogen and oxygen atoms in total. The lowest BCUT2D eigenvalue weighted by Gasteiger charge is -2.14. The second-order valence-corrected chi connectivity index (χ2v) is 7.18. The Morgan fingerprint density at radius 1 is 1.15 bits per heavy atom. The molecule has 4 N–H and O–H groups in total. The average Bonchev–Trinajstić information content (AvgIpc) is 2.55. The molecule has 0 spiro atoms. The van der Waals surface area contributed by atoms with Crippen LogP contribution in [0.5, 0.6) is 11.5 Å². The van der Waals surface area contributed by atoms with E-state index in [2.05, 4.69) is 15.2 Å². The van der Waals surface area contributed by atoms with Gasteiger partial charge in [0, 0.05) is 11.6 Å². The summed E-state index contributed by atoms with van der Waals surface area (Å²) in [5.74, 6) is -2.12. The molecular weight excluding hydrogens is 382 g/mol. The van der Waals surface area contributed by atoms with Gasteiger partial charge in [0.15, 0.2) is 17.3 Å². The highest BCUT2D eigenvalue weighted by atomic mass is 32.2. The van der Waals surface area contributed by atoms with Crippen molar-refractivity contribution in [3.05, 3.63) is 53.6 Å². The normalized spacial score (nSPS) is 11.8. The summed E-state index contributed by atoms with van der Waals surface area (Å²) >= 11 is 0. The number of hydrazone groups is 1. The van der Waals surface area contributed by atoms with Crippen molar-refractivity contribution in [2.24, 2.45) is 10.8 Å². The number of primary amides is 1. The van der Waals surface area contributed by atoms with Crippen molar-refractivity contribution in [2.75, 3.05) is 11.0 Å². The lowest BCUT2D eigenvalue weighted by atomic mass is 10.1. The molecule has 2 aromatic rings. The second-order valence-electron chi connectivity index (χ2n) is 5.44. The number of benzene rings is 2. The summed E-state index contributed by atoms with van der Waals surface area (Å²) in [5.41, 5.74) is 7.78. The van der Waals surface area contributed by atoms with Gasteiger partial charge >= 0.3 is 6.03 Å². The topological polar surface area (TPSA) is 123 Å². The number of rotatable bonds is 6. The molecule has 0 saturated carbocycles. The van der Waals surface area contributed by atoms with Gasteiger partial charge in [-0.25, -0.2) is 27.4 Å². The lowest BCUT2D eigenvalue weighted by Crippen LogP contribution is -2.25. The first-order valence-corrected chi connectivity index (χ1v) is 9.29. The van der Waals surface area contributed by atoms with Crippen LogP contribution in [0.2, 0.25) is 0 Å². The van der Waals surface area contributed by atoms with Gasteiger partial charge in [-0.2, -0.15) is 5.10 Å². The van der Waals surface area contributed by atoms with E-state index in [4.69, 9.17) is 10.5 Å². The van der Waals surface area contributed by atoms with Gasteiger partial charge in [-0.15, -0.1) is 0 Å². The van der Waals surface area contributed by atoms with Crippen LogP contribution in [0.3, 0.4) is 0 Å². The van der Waals surface area contributed by atoms with Crippen LogP contribution in [0.15, 0.2) is 41.5 Å². The molecule has 0 aromatic heterocycles. The van der Waals surface area contributed by atoms with Gasteiger partial charge in [0.1, 0.15) is 5.82 Å². The molecule has 11 heteroatoms. The third-order valence-corrected chi connectivity index (χ3v) is 3.73. The number of hydrogen-bond donors (Lipinski definition) is 3. The lowest BCUT2D eigenvalue weighted by molar-refractivity contribution is 0.249. The predicted molar refractivity (Wildman–Crippen MR) is 96.3 cm³/mol. The number of urea groups is 1. The van der Waals surface area contributed by atoms with E-state index in [9.17, 15) is 22.0 Å². The van der Waals surface area contributed by atoms with Crippen molar-refractivity contribution in [1.29, 1.82) is 0 Å². The van der Waals surface area contributed by atoms with Crippen molar-refractivity contribution < 1.29 is 26.7 Å². The largest absolute Gasteiger partial charge is 0.452 e. The predicted octanol–water partition coefficient (Wildman–Crippen LogP) is 2.52. The van der Waals surface area contributed by atoms with E-state index in [1.165, 1.54) is 18.2 Å². The summed E-state index contributed by atoms with van der Waals surface area (Å²) in [6.07, 6.45) is 0.937. The van der Waals surface area contributed by atoms with Crippen LogP contribution in [0.1, 0.15) is 12.5 Å². The number of nitrogens with one attached hydrogen (secondary N) is 2. The Labute approximate surface area is 154 Å². The zero-order chi connectivity index (χ0) is 20.2.